The van der Waals surface area contributed by atoms with Crippen molar-refractivity contribution in [3.63, 3.8) is 0 Å². The van der Waals surface area contributed by atoms with Crippen LogP contribution in [0.15, 0.2) is 30.3 Å². The monoisotopic (exact) mass is 306 g/mol. The topological polar surface area (TPSA) is 89.7 Å². The zero-order valence-electron chi connectivity index (χ0n) is 12.8. The molecule has 0 fully saturated rings. The lowest BCUT2D eigenvalue weighted by molar-refractivity contribution is -0.146. The number of esters is 1. The van der Waals surface area contributed by atoms with Crippen LogP contribution in [-0.2, 0) is 25.7 Å². The number of rotatable bonds is 9. The van der Waals surface area contributed by atoms with Crippen molar-refractivity contribution in [3.05, 3.63) is 35.9 Å². The number of nitrogens with two attached hydrogens (primary N) is 1. The van der Waals surface area contributed by atoms with Crippen LogP contribution in [0.1, 0.15) is 31.7 Å². The molecule has 1 aromatic carbocycles. The van der Waals surface area contributed by atoms with Crippen molar-refractivity contribution in [1.82, 2.24) is 4.90 Å². The highest BCUT2D eigenvalue weighted by molar-refractivity contribution is 5.82. The molecule has 0 spiro atoms. The number of hydrogen-bond acceptors (Lipinski definition) is 4. The van der Waals surface area contributed by atoms with Crippen LogP contribution in [-0.4, -0.2) is 35.8 Å². The Labute approximate surface area is 130 Å². The average molecular weight is 306 g/mol. The van der Waals surface area contributed by atoms with Gasteiger partial charge in [-0.25, -0.2) is 0 Å². The van der Waals surface area contributed by atoms with Gasteiger partial charge in [-0.1, -0.05) is 30.3 Å². The minimum Gasteiger partial charge on any atom is -0.466 e. The molecule has 0 aliphatic rings. The standard InChI is InChI=1S/C16H22N2O4/c1-2-22-16(21)9-8-15(20)18(11-10-14(17)19)12-13-6-4-3-5-7-13/h3-7H,2,8-12H2,1H3,(H2,17,19). The Bertz CT molecular complexity index is 502. The zero-order chi connectivity index (χ0) is 16.4. The fraction of sp³-hybridized carbons (Fsp3) is 0.438. The molecule has 0 atom stereocenters. The van der Waals surface area contributed by atoms with E-state index in [-0.39, 0.29) is 31.7 Å². The predicted octanol–water partition coefficient (Wildman–Crippen LogP) is 1.23. The third-order valence-corrected chi connectivity index (χ3v) is 3.05. The smallest absolute Gasteiger partial charge is 0.306 e. The first-order chi connectivity index (χ1) is 10.5. The van der Waals surface area contributed by atoms with Gasteiger partial charge in [0.15, 0.2) is 0 Å². The SMILES string of the molecule is CCOC(=O)CCC(=O)N(CCC(N)=O)Cc1ccccc1. The molecule has 0 aliphatic heterocycles. The maximum atomic E-state index is 12.2. The van der Waals surface area contributed by atoms with Crippen LogP contribution >= 0.6 is 0 Å². The summed E-state index contributed by atoms with van der Waals surface area (Å²) in [4.78, 5) is 36.0. The van der Waals surface area contributed by atoms with Gasteiger partial charge in [0.2, 0.25) is 11.8 Å². The summed E-state index contributed by atoms with van der Waals surface area (Å²) in [6.45, 7) is 2.64. The summed E-state index contributed by atoms with van der Waals surface area (Å²) in [6, 6.07) is 9.45. The summed E-state index contributed by atoms with van der Waals surface area (Å²) in [5, 5.41) is 0. The fourth-order valence-electron chi connectivity index (χ4n) is 1.94. The summed E-state index contributed by atoms with van der Waals surface area (Å²) in [5.41, 5.74) is 6.10. The Morgan fingerprint density at radius 2 is 1.77 bits per heavy atom. The Morgan fingerprint density at radius 3 is 2.36 bits per heavy atom. The van der Waals surface area contributed by atoms with Gasteiger partial charge in [0.25, 0.3) is 0 Å². The van der Waals surface area contributed by atoms with Crippen molar-refractivity contribution in [2.75, 3.05) is 13.2 Å². The third kappa shape index (κ3) is 6.88. The maximum Gasteiger partial charge on any atom is 0.306 e. The quantitative estimate of drug-likeness (QED) is 0.695. The number of hydrogen-bond donors (Lipinski definition) is 1. The first-order valence-corrected chi connectivity index (χ1v) is 7.28. The van der Waals surface area contributed by atoms with Gasteiger partial charge in [-0.15, -0.1) is 0 Å². The third-order valence-electron chi connectivity index (χ3n) is 3.05. The van der Waals surface area contributed by atoms with E-state index in [1.807, 2.05) is 30.3 Å². The fourth-order valence-corrected chi connectivity index (χ4v) is 1.94. The Balaban J connectivity index is 2.61. The minimum atomic E-state index is -0.462. The molecule has 1 aromatic rings. The number of carbonyl (C=O) groups excluding carboxylic acids is 3. The number of benzene rings is 1. The second-order valence-electron chi connectivity index (χ2n) is 4.82. The first-order valence-electron chi connectivity index (χ1n) is 7.28. The van der Waals surface area contributed by atoms with Gasteiger partial charge in [0.05, 0.1) is 13.0 Å². The molecule has 120 valence electrons. The highest BCUT2D eigenvalue weighted by Crippen LogP contribution is 2.08. The van der Waals surface area contributed by atoms with Crippen molar-refractivity contribution in [2.45, 2.75) is 32.7 Å². The molecule has 0 saturated carbocycles. The first kappa shape index (κ1) is 17.7. The molecule has 6 nitrogen and oxygen atoms in total. The second kappa shape index (κ2) is 9.55. The van der Waals surface area contributed by atoms with Gasteiger partial charge in [-0.2, -0.15) is 0 Å². The van der Waals surface area contributed by atoms with E-state index in [1.165, 1.54) is 0 Å². The lowest BCUT2D eigenvalue weighted by atomic mass is 10.2. The number of ether oxygens (including phenoxy) is 1. The van der Waals surface area contributed by atoms with Crippen molar-refractivity contribution in [3.8, 4) is 0 Å². The Hall–Kier alpha value is -2.37. The molecule has 0 unspecified atom stereocenters. The van der Waals surface area contributed by atoms with E-state index in [4.69, 9.17) is 10.5 Å². The van der Waals surface area contributed by atoms with E-state index in [2.05, 4.69) is 0 Å². The normalized spacial score (nSPS) is 10.0. The molecule has 0 aromatic heterocycles. The molecule has 1 rings (SSSR count). The van der Waals surface area contributed by atoms with Crippen molar-refractivity contribution >= 4 is 17.8 Å². The van der Waals surface area contributed by atoms with Gasteiger partial charge in [-0.3, -0.25) is 14.4 Å². The van der Waals surface area contributed by atoms with E-state index in [0.29, 0.717) is 13.2 Å². The maximum absolute atomic E-state index is 12.2. The van der Waals surface area contributed by atoms with Gasteiger partial charge in [-0.05, 0) is 12.5 Å². The predicted molar refractivity (Wildman–Crippen MR) is 81.5 cm³/mol. The molecular formula is C16H22N2O4. The van der Waals surface area contributed by atoms with E-state index >= 15 is 0 Å². The molecule has 22 heavy (non-hydrogen) atoms. The second-order valence-corrected chi connectivity index (χ2v) is 4.82. The molecule has 0 bridgehead atoms. The zero-order valence-corrected chi connectivity index (χ0v) is 12.8. The van der Waals surface area contributed by atoms with Crippen molar-refractivity contribution < 1.29 is 19.1 Å². The molecule has 2 amide bonds. The summed E-state index contributed by atoms with van der Waals surface area (Å²) in [5.74, 6) is -1.06. The summed E-state index contributed by atoms with van der Waals surface area (Å²) < 4.78 is 4.80. The van der Waals surface area contributed by atoms with Crippen LogP contribution in [0.5, 0.6) is 0 Å². The number of nitrogens with zero attached hydrogens (tertiary/aromatic N) is 1. The van der Waals surface area contributed by atoms with E-state index in [1.54, 1.807) is 11.8 Å². The molecule has 0 heterocycles. The lowest BCUT2D eigenvalue weighted by Gasteiger charge is -2.22. The van der Waals surface area contributed by atoms with Gasteiger partial charge >= 0.3 is 5.97 Å². The van der Waals surface area contributed by atoms with Gasteiger partial charge < -0.3 is 15.4 Å². The van der Waals surface area contributed by atoms with Crippen LogP contribution in [0.25, 0.3) is 0 Å². The molecular weight excluding hydrogens is 284 g/mol. The van der Waals surface area contributed by atoms with Crippen LogP contribution in [0.4, 0.5) is 0 Å². The Kier molecular flexibility index (Phi) is 7.67. The van der Waals surface area contributed by atoms with E-state index in [9.17, 15) is 14.4 Å². The van der Waals surface area contributed by atoms with Crippen LogP contribution in [0.3, 0.4) is 0 Å². The van der Waals surface area contributed by atoms with E-state index < -0.39 is 11.9 Å². The number of primary amides is 1. The van der Waals surface area contributed by atoms with Crippen LogP contribution in [0, 0.1) is 0 Å². The minimum absolute atomic E-state index is 0.0362. The van der Waals surface area contributed by atoms with Crippen LogP contribution in [0.2, 0.25) is 0 Å². The highest BCUT2D eigenvalue weighted by atomic mass is 16.5. The van der Waals surface area contributed by atoms with Gasteiger partial charge in [0.1, 0.15) is 0 Å². The van der Waals surface area contributed by atoms with Gasteiger partial charge in [0, 0.05) is 25.9 Å². The van der Waals surface area contributed by atoms with Crippen molar-refractivity contribution in [2.24, 2.45) is 5.73 Å². The number of amides is 2. The largest absolute Gasteiger partial charge is 0.466 e. The summed E-state index contributed by atoms with van der Waals surface area (Å²) in [6.07, 6.45) is 0.191. The highest BCUT2D eigenvalue weighted by Gasteiger charge is 2.16. The Morgan fingerprint density at radius 1 is 1.09 bits per heavy atom. The molecule has 0 aliphatic carbocycles. The molecule has 2 N–H and O–H groups in total. The van der Waals surface area contributed by atoms with Crippen LogP contribution < -0.4 is 5.73 Å². The molecule has 6 heteroatoms. The lowest BCUT2D eigenvalue weighted by Crippen LogP contribution is -2.33. The molecule has 0 radical (unpaired) electrons. The summed E-state index contributed by atoms with van der Waals surface area (Å²) in [7, 11) is 0. The summed E-state index contributed by atoms with van der Waals surface area (Å²) >= 11 is 0. The van der Waals surface area contributed by atoms with Crippen molar-refractivity contribution in [1.29, 1.82) is 0 Å². The van der Waals surface area contributed by atoms with E-state index in [0.717, 1.165) is 5.56 Å². The molecule has 0 saturated heterocycles. The average Bonchev–Trinajstić information content (AvgIpc) is 2.50. The number of carbonyl (C=O) groups is 3.